The van der Waals surface area contributed by atoms with Crippen molar-refractivity contribution in [1.82, 2.24) is 40.3 Å². The molecule has 0 unspecified atom stereocenters. The minimum absolute atomic E-state index is 0.0169. The lowest BCUT2D eigenvalue weighted by Crippen LogP contribution is -2.51. The second kappa shape index (κ2) is 13.9. The van der Waals surface area contributed by atoms with Crippen molar-refractivity contribution in [2.24, 2.45) is 0 Å². The predicted octanol–water partition coefficient (Wildman–Crippen LogP) is 5.89. The lowest BCUT2D eigenvalue weighted by molar-refractivity contribution is -0.351. The molecule has 0 spiro atoms. The average Bonchev–Trinajstić information content (AvgIpc) is 3.60. The Kier molecular flexibility index (Phi) is 10.7. The molecule has 2 N–H and O–H groups in total. The third-order valence-corrected chi connectivity index (χ3v) is 8.11. The Morgan fingerprint density at radius 3 is 2.36 bits per heavy atom. The van der Waals surface area contributed by atoms with E-state index in [0.29, 0.717) is 14.9 Å². The molecule has 0 aliphatic rings. The molecule has 0 saturated heterocycles. The molecular formula is C26H22ClF7IN9O2S. The summed E-state index contributed by atoms with van der Waals surface area (Å²) in [6.07, 6.45) is -9.69. The van der Waals surface area contributed by atoms with E-state index >= 15 is 0 Å². The van der Waals surface area contributed by atoms with Crippen molar-refractivity contribution >= 4 is 63.5 Å². The zero-order chi connectivity index (χ0) is 34.9. The lowest BCUT2D eigenvalue weighted by atomic mass is 10.1. The molecule has 0 radical (unpaired) electrons. The number of anilines is 1. The number of nitrogens with zero attached hydrogens (tertiary/aromatic N) is 7. The van der Waals surface area contributed by atoms with Crippen LogP contribution in [0.25, 0.3) is 5.82 Å². The minimum atomic E-state index is -6.45. The number of rotatable bonds is 10. The van der Waals surface area contributed by atoms with E-state index in [1.807, 2.05) is 35.8 Å². The molecule has 21 heteroatoms. The van der Waals surface area contributed by atoms with E-state index in [4.69, 9.17) is 11.6 Å². The maximum absolute atomic E-state index is 14.4. The van der Waals surface area contributed by atoms with Crippen LogP contribution in [0.3, 0.4) is 0 Å². The first-order valence-corrected chi connectivity index (χ1v) is 15.9. The van der Waals surface area contributed by atoms with Gasteiger partial charge in [0.25, 0.3) is 11.8 Å². The maximum atomic E-state index is 14.4. The molecule has 0 aliphatic carbocycles. The quantitative estimate of drug-likeness (QED) is 0.150. The van der Waals surface area contributed by atoms with E-state index < -0.39 is 42.2 Å². The predicted molar refractivity (Wildman–Crippen MR) is 165 cm³/mol. The van der Waals surface area contributed by atoms with Crippen molar-refractivity contribution in [2.45, 2.75) is 44.5 Å². The summed E-state index contributed by atoms with van der Waals surface area (Å²) in [7, 11) is 0. The molecule has 0 aliphatic heterocycles. The fourth-order valence-electron chi connectivity index (χ4n) is 4.23. The number of halogens is 9. The van der Waals surface area contributed by atoms with Gasteiger partial charge in [-0.3, -0.25) is 9.59 Å². The van der Waals surface area contributed by atoms with Gasteiger partial charge < -0.3 is 10.6 Å². The Balaban J connectivity index is 1.74. The number of alkyl halides is 7. The van der Waals surface area contributed by atoms with Crippen LogP contribution >= 0.6 is 46.0 Å². The molecular weight excluding hydrogens is 798 g/mol. The van der Waals surface area contributed by atoms with Gasteiger partial charge in [0.1, 0.15) is 12.2 Å². The van der Waals surface area contributed by atoms with Crippen LogP contribution in [0.5, 0.6) is 0 Å². The van der Waals surface area contributed by atoms with Crippen molar-refractivity contribution in [3.8, 4) is 5.82 Å². The Hall–Kier alpha value is -3.53. The minimum Gasteiger partial charge on any atom is -0.349 e. The Bertz CT molecular complexity index is 1780. The largest absolute Gasteiger partial charge is 0.439 e. The molecule has 4 aromatic rings. The zero-order valence-electron chi connectivity index (χ0n) is 24.2. The van der Waals surface area contributed by atoms with Gasteiger partial charge in [-0.25, -0.2) is 14.1 Å². The SMILES string of the molecule is CSC[C@H](C)NC(=O)c1cc(I)cc(C)c1NC(=O)c1cc(Cn2nnc(C(F)(C(F)(F)F)C(F)(F)F)n2)nn1-c1ncccc1Cl. The Morgan fingerprint density at radius 1 is 1.06 bits per heavy atom. The van der Waals surface area contributed by atoms with Crippen LogP contribution < -0.4 is 10.6 Å². The molecule has 0 bridgehead atoms. The van der Waals surface area contributed by atoms with Gasteiger partial charge in [0.05, 0.1) is 22.0 Å². The first-order chi connectivity index (χ1) is 21.9. The summed E-state index contributed by atoms with van der Waals surface area (Å²) in [5, 5.41) is 18.5. The second-order valence-corrected chi connectivity index (χ2v) is 12.5. The van der Waals surface area contributed by atoms with Gasteiger partial charge in [0.15, 0.2) is 5.82 Å². The number of tetrazole rings is 1. The van der Waals surface area contributed by atoms with E-state index in [2.05, 4.69) is 36.1 Å². The van der Waals surface area contributed by atoms with Gasteiger partial charge in [-0.2, -0.15) is 48.0 Å². The monoisotopic (exact) mass is 819 g/mol. The molecule has 1 aromatic carbocycles. The smallest absolute Gasteiger partial charge is 0.349 e. The molecule has 1 atom stereocenters. The normalized spacial score (nSPS) is 13.0. The number of thioether (sulfide) groups is 1. The highest BCUT2D eigenvalue weighted by atomic mass is 127. The summed E-state index contributed by atoms with van der Waals surface area (Å²) in [6, 6.07) is 7.12. The van der Waals surface area contributed by atoms with Crippen molar-refractivity contribution in [2.75, 3.05) is 17.3 Å². The van der Waals surface area contributed by atoms with Crippen molar-refractivity contribution < 1.29 is 40.3 Å². The van der Waals surface area contributed by atoms with Crippen LogP contribution in [0, 0.1) is 10.5 Å². The van der Waals surface area contributed by atoms with Crippen LogP contribution in [-0.4, -0.2) is 77.2 Å². The number of hydrogen-bond acceptors (Lipinski definition) is 8. The highest BCUT2D eigenvalue weighted by molar-refractivity contribution is 14.1. The molecule has 0 saturated carbocycles. The highest BCUT2D eigenvalue weighted by Crippen LogP contribution is 2.51. The maximum Gasteiger partial charge on any atom is 0.439 e. The third-order valence-electron chi connectivity index (χ3n) is 6.36. The number of pyridine rings is 1. The van der Waals surface area contributed by atoms with Gasteiger partial charge >= 0.3 is 18.0 Å². The van der Waals surface area contributed by atoms with E-state index in [1.165, 1.54) is 30.1 Å². The Morgan fingerprint density at radius 2 is 1.74 bits per heavy atom. The molecule has 3 aromatic heterocycles. The van der Waals surface area contributed by atoms with E-state index in [-0.39, 0.29) is 44.3 Å². The summed E-state index contributed by atoms with van der Waals surface area (Å²) >= 11 is 9.83. The van der Waals surface area contributed by atoms with Crippen LogP contribution in [0.4, 0.5) is 36.4 Å². The topological polar surface area (TPSA) is 133 Å². The fourth-order valence-corrected chi connectivity index (χ4v) is 5.79. The van der Waals surface area contributed by atoms with Crippen molar-refractivity contribution in [3.05, 3.63) is 73.5 Å². The number of nitrogens with one attached hydrogen (secondary N) is 2. The van der Waals surface area contributed by atoms with Crippen LogP contribution in [0.2, 0.25) is 5.02 Å². The number of benzene rings is 1. The Labute approximate surface area is 284 Å². The standard InChI is InChI=1S/C26H22ClF7IN9O2S/c1-12-7-14(35)8-16(21(45)37-13(2)11-47-3)19(12)38-22(46)18-9-15(40-44(18)20-17(27)5-4-6-36-20)10-43-41-23(39-42-43)24(28,25(29,30)31)26(32,33)34/h4-9,13H,10-11H2,1-3H3,(H,37,45)(H,38,46)/t13-/m0/s1. The van der Waals surface area contributed by atoms with Gasteiger partial charge in [-0.15, -0.1) is 10.2 Å². The van der Waals surface area contributed by atoms with Crippen LogP contribution in [0.1, 0.15) is 44.9 Å². The molecule has 4 rings (SSSR count). The highest BCUT2D eigenvalue weighted by Gasteiger charge is 2.76. The summed E-state index contributed by atoms with van der Waals surface area (Å²) in [5.74, 6) is -3.03. The summed E-state index contributed by atoms with van der Waals surface area (Å²) in [4.78, 5) is 31.3. The van der Waals surface area contributed by atoms with E-state index in [1.54, 1.807) is 19.1 Å². The number of carbonyl (C=O) groups excluding carboxylic acids is 2. The lowest BCUT2D eigenvalue weighted by Gasteiger charge is -2.26. The number of hydrogen-bond donors (Lipinski definition) is 2. The number of aryl methyl sites for hydroxylation is 1. The van der Waals surface area contributed by atoms with E-state index in [0.717, 1.165) is 10.7 Å². The van der Waals surface area contributed by atoms with Crippen LogP contribution in [-0.2, 0) is 12.2 Å². The summed E-state index contributed by atoms with van der Waals surface area (Å²) < 4.78 is 95.2. The molecule has 3 heterocycles. The second-order valence-electron chi connectivity index (χ2n) is 9.97. The summed E-state index contributed by atoms with van der Waals surface area (Å²) in [5.41, 5.74) is -5.50. The molecule has 47 heavy (non-hydrogen) atoms. The van der Waals surface area contributed by atoms with Gasteiger partial charge in [-0.1, -0.05) is 11.6 Å². The number of amides is 2. The summed E-state index contributed by atoms with van der Waals surface area (Å²) in [6.45, 7) is 2.73. The molecule has 2 amide bonds. The van der Waals surface area contributed by atoms with Crippen molar-refractivity contribution in [3.63, 3.8) is 0 Å². The van der Waals surface area contributed by atoms with Gasteiger partial charge in [-0.05, 0) is 83.8 Å². The number of aromatic nitrogens is 7. The average molecular weight is 820 g/mol. The fraction of sp³-hybridized carbons (Fsp3) is 0.346. The number of carbonyl (C=O) groups is 2. The van der Waals surface area contributed by atoms with Gasteiger partial charge in [0.2, 0.25) is 5.82 Å². The zero-order valence-corrected chi connectivity index (χ0v) is 27.9. The first-order valence-electron chi connectivity index (χ1n) is 13.1. The van der Waals surface area contributed by atoms with E-state index in [9.17, 15) is 40.3 Å². The van der Waals surface area contributed by atoms with Gasteiger partial charge in [0, 0.05) is 21.6 Å². The molecule has 252 valence electrons. The van der Waals surface area contributed by atoms with Crippen molar-refractivity contribution in [1.29, 1.82) is 0 Å². The van der Waals surface area contributed by atoms with Crippen LogP contribution in [0.15, 0.2) is 36.5 Å². The molecule has 0 fully saturated rings. The first kappa shape index (κ1) is 36.3. The molecule has 11 nitrogen and oxygen atoms in total. The third kappa shape index (κ3) is 7.63.